The topological polar surface area (TPSA) is 80.0 Å². The van der Waals surface area contributed by atoms with Crippen LogP contribution >= 0.6 is 11.8 Å². The van der Waals surface area contributed by atoms with Gasteiger partial charge >= 0.3 is 6.36 Å². The third-order valence-electron chi connectivity index (χ3n) is 3.51. The second-order valence-electron chi connectivity index (χ2n) is 5.12. The van der Waals surface area contributed by atoms with Crippen LogP contribution < -0.4 is 4.90 Å². The number of aromatic hydroxyl groups is 1. The average Bonchev–Trinajstić information content (AvgIpc) is 3.11. The fourth-order valence-electron chi connectivity index (χ4n) is 2.42. The van der Waals surface area contributed by atoms with Crippen LogP contribution in [-0.2, 0) is 4.74 Å². The van der Waals surface area contributed by atoms with Crippen LogP contribution in [0.25, 0.3) is 11.0 Å². The van der Waals surface area contributed by atoms with Gasteiger partial charge in [-0.05, 0) is 6.07 Å². The number of aldehydes is 1. The quantitative estimate of drug-likeness (QED) is 0.645. The van der Waals surface area contributed by atoms with E-state index in [2.05, 4.69) is 4.74 Å². The summed E-state index contributed by atoms with van der Waals surface area (Å²) >= 11 is 0.646. The smallest absolute Gasteiger partial charge is 0.504 e. The molecule has 0 spiro atoms. The summed E-state index contributed by atoms with van der Waals surface area (Å²) in [6, 6.07) is 1.14. The van der Waals surface area contributed by atoms with Gasteiger partial charge in [-0.1, -0.05) is 11.8 Å². The zero-order valence-electron chi connectivity index (χ0n) is 12.2. The van der Waals surface area contributed by atoms with Gasteiger partial charge in [0.05, 0.1) is 23.1 Å². The molecule has 1 aromatic heterocycles. The van der Waals surface area contributed by atoms with Gasteiger partial charge in [0.1, 0.15) is 6.26 Å². The Kier molecular flexibility index (Phi) is 4.37. The van der Waals surface area contributed by atoms with Crippen LogP contribution in [0.2, 0.25) is 0 Å². The van der Waals surface area contributed by atoms with Gasteiger partial charge in [0, 0.05) is 11.9 Å². The second-order valence-corrected chi connectivity index (χ2v) is 6.37. The number of fused-ring (bicyclic) bond motifs is 1. The molecule has 1 aromatic carbocycles. The van der Waals surface area contributed by atoms with Gasteiger partial charge < -0.3 is 9.52 Å². The zero-order valence-corrected chi connectivity index (χ0v) is 13.0. The summed E-state index contributed by atoms with van der Waals surface area (Å²) in [6.45, 7) is -0.839. The number of carbonyl (C=O) groups excluding carboxylic acids is 2. The molecule has 134 valence electrons. The summed E-state index contributed by atoms with van der Waals surface area (Å²) in [6.07, 6.45) is -3.54. The van der Waals surface area contributed by atoms with Crippen molar-refractivity contribution in [2.75, 3.05) is 18.1 Å². The van der Waals surface area contributed by atoms with Gasteiger partial charge in [-0.3, -0.25) is 19.2 Å². The lowest BCUT2D eigenvalue weighted by Gasteiger charge is -2.14. The Hall–Kier alpha value is -2.27. The highest BCUT2D eigenvalue weighted by atomic mass is 32.2. The van der Waals surface area contributed by atoms with Crippen molar-refractivity contribution in [3.63, 3.8) is 0 Å². The molecule has 1 aliphatic rings. The maximum Gasteiger partial charge on any atom is 0.522 e. The molecular formula is C14H9F4NO5S. The van der Waals surface area contributed by atoms with Crippen molar-refractivity contribution >= 4 is 39.9 Å². The van der Waals surface area contributed by atoms with Crippen LogP contribution in [0.5, 0.6) is 5.75 Å². The third kappa shape index (κ3) is 3.29. The number of benzene rings is 1. The van der Waals surface area contributed by atoms with Gasteiger partial charge in [-0.15, -0.1) is 13.2 Å². The van der Waals surface area contributed by atoms with Gasteiger partial charge in [-0.25, -0.2) is 0 Å². The monoisotopic (exact) mass is 379 g/mol. The van der Waals surface area contributed by atoms with Gasteiger partial charge in [-0.2, -0.15) is 4.39 Å². The predicted octanol–water partition coefficient (Wildman–Crippen LogP) is 3.67. The number of rotatable bonds is 4. The number of halogens is 4. The van der Waals surface area contributed by atoms with E-state index in [0.717, 1.165) is 17.2 Å². The van der Waals surface area contributed by atoms with Crippen LogP contribution in [0, 0.1) is 5.82 Å². The Balaban J connectivity index is 1.91. The van der Waals surface area contributed by atoms with E-state index < -0.39 is 35.0 Å². The highest BCUT2D eigenvalue weighted by Gasteiger charge is 2.37. The zero-order chi connectivity index (χ0) is 18.4. The first-order valence-electron chi connectivity index (χ1n) is 6.78. The number of phenols is 1. The number of amides is 1. The summed E-state index contributed by atoms with van der Waals surface area (Å²) in [5.74, 6) is -2.05. The lowest BCUT2D eigenvalue weighted by Crippen LogP contribution is -2.27. The normalized spacial score (nSPS) is 18.3. The van der Waals surface area contributed by atoms with Gasteiger partial charge in [0.25, 0.3) is 5.24 Å². The highest BCUT2D eigenvalue weighted by molar-refractivity contribution is 8.14. The lowest BCUT2D eigenvalue weighted by molar-refractivity contribution is -0.323. The molecule has 0 bridgehead atoms. The molecule has 1 aliphatic heterocycles. The van der Waals surface area contributed by atoms with E-state index in [0.29, 0.717) is 11.8 Å². The SMILES string of the molecule is O=Cc1cc2c(N3C[C@H](COC(F)(F)F)SC3=O)coc2c(F)c1O. The first-order chi connectivity index (χ1) is 11.7. The Morgan fingerprint density at radius 2 is 2.20 bits per heavy atom. The Morgan fingerprint density at radius 3 is 2.84 bits per heavy atom. The van der Waals surface area contributed by atoms with E-state index in [9.17, 15) is 32.3 Å². The van der Waals surface area contributed by atoms with E-state index in [1.54, 1.807) is 0 Å². The number of thioether (sulfide) groups is 1. The molecule has 11 heteroatoms. The second kappa shape index (κ2) is 6.23. The van der Waals surface area contributed by atoms with Crippen molar-refractivity contribution in [3.8, 4) is 5.75 Å². The number of phenolic OH excluding ortho intramolecular Hbond substituents is 1. The molecule has 0 radical (unpaired) electrons. The fraction of sp³-hybridized carbons (Fsp3) is 0.286. The molecule has 1 fully saturated rings. The molecule has 0 saturated carbocycles. The van der Waals surface area contributed by atoms with E-state index in [1.165, 1.54) is 0 Å². The first kappa shape index (κ1) is 17.5. The van der Waals surface area contributed by atoms with Crippen LogP contribution in [-0.4, -0.2) is 41.4 Å². The fourth-order valence-corrected chi connectivity index (χ4v) is 3.36. The Morgan fingerprint density at radius 1 is 1.48 bits per heavy atom. The minimum atomic E-state index is -4.81. The molecular weight excluding hydrogens is 370 g/mol. The maximum atomic E-state index is 14.0. The van der Waals surface area contributed by atoms with Gasteiger partial charge in [0.2, 0.25) is 5.82 Å². The summed E-state index contributed by atoms with van der Waals surface area (Å²) < 4.78 is 59.1. The number of anilines is 1. The number of hydrogen-bond donors (Lipinski definition) is 1. The average molecular weight is 379 g/mol. The number of ether oxygens (including phenoxy) is 1. The van der Waals surface area contributed by atoms with Crippen molar-refractivity contribution in [2.45, 2.75) is 11.6 Å². The van der Waals surface area contributed by atoms with E-state index in [-0.39, 0.29) is 35.1 Å². The number of nitrogens with zero attached hydrogens (tertiary/aromatic N) is 1. The number of carbonyl (C=O) groups is 2. The first-order valence-corrected chi connectivity index (χ1v) is 7.66. The number of alkyl halides is 3. The molecule has 2 aromatic rings. The van der Waals surface area contributed by atoms with Crippen molar-refractivity contribution in [2.24, 2.45) is 0 Å². The largest absolute Gasteiger partial charge is 0.522 e. The Bertz CT molecular complexity index is 850. The maximum absolute atomic E-state index is 14.0. The summed E-state index contributed by atoms with van der Waals surface area (Å²) in [4.78, 5) is 24.1. The predicted molar refractivity (Wildman–Crippen MR) is 79.4 cm³/mol. The summed E-state index contributed by atoms with van der Waals surface area (Å²) in [5, 5.41) is 8.23. The van der Waals surface area contributed by atoms with Crippen LogP contribution in [0.1, 0.15) is 10.4 Å². The molecule has 3 rings (SSSR count). The van der Waals surface area contributed by atoms with Crippen LogP contribution in [0.4, 0.5) is 28.0 Å². The molecule has 0 aliphatic carbocycles. The molecule has 1 N–H and O–H groups in total. The van der Waals surface area contributed by atoms with E-state index in [4.69, 9.17) is 4.42 Å². The molecule has 1 saturated heterocycles. The van der Waals surface area contributed by atoms with Crippen molar-refractivity contribution in [3.05, 3.63) is 23.7 Å². The molecule has 1 atom stereocenters. The molecule has 6 nitrogen and oxygen atoms in total. The highest BCUT2D eigenvalue weighted by Crippen LogP contribution is 2.40. The van der Waals surface area contributed by atoms with E-state index in [1.807, 2.05) is 0 Å². The molecule has 2 heterocycles. The summed E-state index contributed by atoms with van der Waals surface area (Å²) in [7, 11) is 0. The minimum absolute atomic E-state index is 0.0451. The molecule has 25 heavy (non-hydrogen) atoms. The number of furan rings is 1. The molecule has 0 unspecified atom stereocenters. The van der Waals surface area contributed by atoms with Crippen LogP contribution in [0.3, 0.4) is 0 Å². The van der Waals surface area contributed by atoms with Crippen molar-refractivity contribution < 1.29 is 41.4 Å². The third-order valence-corrected chi connectivity index (χ3v) is 4.55. The lowest BCUT2D eigenvalue weighted by atomic mass is 10.1. The van der Waals surface area contributed by atoms with Crippen molar-refractivity contribution in [1.82, 2.24) is 0 Å². The Labute approximate surface area is 141 Å². The standard InChI is InChI=1S/C14H9F4NO5S/c15-10-11(21)6(3-20)1-8-9(5-23-12(8)10)19-2-7(25-13(19)22)4-24-14(16,17)18/h1,3,5,7,21H,2,4H2/t7-/m1/s1. The number of hydrogen-bond acceptors (Lipinski definition) is 6. The van der Waals surface area contributed by atoms with E-state index >= 15 is 0 Å². The molecule has 1 amide bonds. The van der Waals surface area contributed by atoms with Crippen molar-refractivity contribution in [1.29, 1.82) is 0 Å². The van der Waals surface area contributed by atoms with Crippen LogP contribution in [0.15, 0.2) is 16.7 Å². The van der Waals surface area contributed by atoms with Gasteiger partial charge in [0.15, 0.2) is 17.6 Å². The minimum Gasteiger partial charge on any atom is -0.504 e. The summed E-state index contributed by atoms with van der Waals surface area (Å²) in [5.41, 5.74) is -0.626.